The predicted molar refractivity (Wildman–Crippen MR) is 107 cm³/mol. The molecule has 0 radical (unpaired) electrons. The van der Waals surface area contributed by atoms with Gasteiger partial charge < -0.3 is 14.2 Å². The van der Waals surface area contributed by atoms with Gasteiger partial charge in [-0.3, -0.25) is 4.79 Å². The fourth-order valence-electron chi connectivity index (χ4n) is 3.12. The normalized spacial score (nSPS) is 11.4. The molecule has 26 heavy (non-hydrogen) atoms. The highest BCUT2D eigenvalue weighted by Gasteiger charge is 2.17. The molecule has 5 nitrogen and oxygen atoms in total. The first kappa shape index (κ1) is 18.6. The third-order valence-electron chi connectivity index (χ3n) is 4.74. The number of hydrogen-bond acceptors (Lipinski definition) is 5. The summed E-state index contributed by atoms with van der Waals surface area (Å²) in [5.74, 6) is 0.519. The molecule has 0 N–H and O–H groups in total. The first-order valence-electron chi connectivity index (χ1n) is 8.94. The van der Waals surface area contributed by atoms with Crippen molar-refractivity contribution in [1.82, 2.24) is 14.5 Å². The van der Waals surface area contributed by atoms with Gasteiger partial charge in [-0.2, -0.15) is 0 Å². The van der Waals surface area contributed by atoms with E-state index in [9.17, 15) is 4.79 Å². The maximum atomic E-state index is 12.8. The van der Waals surface area contributed by atoms with Crippen molar-refractivity contribution in [3.63, 3.8) is 0 Å². The van der Waals surface area contributed by atoms with E-state index in [0.717, 1.165) is 36.4 Å². The summed E-state index contributed by atoms with van der Waals surface area (Å²) >= 11 is 1.56. The van der Waals surface area contributed by atoms with E-state index in [2.05, 4.69) is 41.3 Å². The lowest BCUT2D eigenvalue weighted by Crippen LogP contribution is -2.27. The van der Waals surface area contributed by atoms with Crippen molar-refractivity contribution in [2.45, 2.75) is 27.3 Å². The minimum atomic E-state index is 0.00861. The number of ketones is 1. The summed E-state index contributed by atoms with van der Waals surface area (Å²) in [6.45, 7) is 10.6. The fraction of sp³-hybridized carbons (Fsp3) is 0.400. The summed E-state index contributed by atoms with van der Waals surface area (Å²) in [6.07, 6.45) is 1.57. The summed E-state index contributed by atoms with van der Waals surface area (Å²) in [5.41, 5.74) is 1.82. The van der Waals surface area contributed by atoms with E-state index >= 15 is 0 Å². The molecule has 0 fully saturated rings. The number of thiophene rings is 1. The van der Waals surface area contributed by atoms with Crippen LogP contribution in [0.15, 0.2) is 30.5 Å². The monoisotopic (exact) mass is 371 g/mol. The van der Waals surface area contributed by atoms with E-state index in [1.165, 1.54) is 10.5 Å². The predicted octanol–water partition coefficient (Wildman–Crippen LogP) is 3.99. The van der Waals surface area contributed by atoms with E-state index in [1.54, 1.807) is 36.8 Å². The molecule has 0 saturated heterocycles. The number of carbonyl (C=O) groups is 1. The van der Waals surface area contributed by atoms with Crippen molar-refractivity contribution in [3.8, 4) is 5.88 Å². The summed E-state index contributed by atoms with van der Waals surface area (Å²) in [7, 11) is 1.56. The highest BCUT2D eigenvalue weighted by atomic mass is 32.1. The Balaban J connectivity index is 1.85. The number of rotatable bonds is 8. The summed E-state index contributed by atoms with van der Waals surface area (Å²) in [5, 5.41) is 1.14. The zero-order valence-corrected chi connectivity index (χ0v) is 16.6. The Morgan fingerprint density at radius 2 is 2.04 bits per heavy atom. The largest absolute Gasteiger partial charge is 0.481 e. The second-order valence-corrected chi connectivity index (χ2v) is 7.28. The van der Waals surface area contributed by atoms with E-state index in [-0.39, 0.29) is 5.78 Å². The SMILES string of the molecule is CCN(CC)CCn1c(C)cc2cc(C(=O)c3ccc(OC)nc3)sc21. The van der Waals surface area contributed by atoms with Gasteiger partial charge in [0.15, 0.2) is 0 Å². The van der Waals surface area contributed by atoms with Crippen molar-refractivity contribution in [2.24, 2.45) is 0 Å². The van der Waals surface area contributed by atoms with Crippen LogP contribution in [-0.4, -0.2) is 47.0 Å². The highest BCUT2D eigenvalue weighted by Crippen LogP contribution is 2.30. The van der Waals surface area contributed by atoms with Gasteiger partial charge in [-0.1, -0.05) is 13.8 Å². The molecule has 3 aromatic heterocycles. The van der Waals surface area contributed by atoms with Gasteiger partial charge in [0.2, 0.25) is 11.7 Å². The van der Waals surface area contributed by atoms with Crippen molar-refractivity contribution in [3.05, 3.63) is 46.6 Å². The van der Waals surface area contributed by atoms with Crippen LogP contribution < -0.4 is 4.74 Å². The van der Waals surface area contributed by atoms with Crippen LogP contribution in [0.5, 0.6) is 5.88 Å². The molecule has 0 aliphatic carbocycles. The van der Waals surface area contributed by atoms with Crippen LogP contribution in [0.2, 0.25) is 0 Å². The minimum Gasteiger partial charge on any atom is -0.481 e. The lowest BCUT2D eigenvalue weighted by molar-refractivity contribution is 0.104. The van der Waals surface area contributed by atoms with E-state index in [0.29, 0.717) is 11.4 Å². The standard InChI is InChI=1S/C20H25N3O2S/c1-5-22(6-2)9-10-23-14(3)11-16-12-17(26-20(16)23)19(24)15-7-8-18(25-4)21-13-15/h7-8,11-13H,5-6,9-10H2,1-4H3. The first-order chi connectivity index (χ1) is 12.6. The van der Waals surface area contributed by atoms with Crippen LogP contribution in [0.25, 0.3) is 10.2 Å². The fourth-order valence-corrected chi connectivity index (χ4v) is 4.31. The second kappa shape index (κ2) is 8.01. The number of hydrogen-bond donors (Lipinski definition) is 0. The van der Waals surface area contributed by atoms with Gasteiger partial charge >= 0.3 is 0 Å². The molecule has 0 bridgehead atoms. The van der Waals surface area contributed by atoms with Gasteiger partial charge in [-0.15, -0.1) is 11.3 Å². The zero-order chi connectivity index (χ0) is 18.7. The van der Waals surface area contributed by atoms with Crippen LogP contribution in [0, 0.1) is 6.92 Å². The number of aromatic nitrogens is 2. The maximum Gasteiger partial charge on any atom is 0.212 e. The van der Waals surface area contributed by atoms with E-state index in [1.807, 2.05) is 6.07 Å². The quantitative estimate of drug-likeness (QED) is 0.562. The van der Waals surface area contributed by atoms with E-state index < -0.39 is 0 Å². The molecule has 3 aromatic rings. The summed E-state index contributed by atoms with van der Waals surface area (Å²) in [6, 6.07) is 7.64. The maximum absolute atomic E-state index is 12.8. The Labute approximate surface area is 158 Å². The highest BCUT2D eigenvalue weighted by molar-refractivity contribution is 7.20. The molecule has 0 aromatic carbocycles. The Bertz CT molecular complexity index is 892. The van der Waals surface area contributed by atoms with Gasteiger partial charge in [-0.05, 0) is 38.2 Å². The molecule has 0 amide bonds. The molecule has 6 heteroatoms. The molecule has 0 saturated carbocycles. The Hall–Kier alpha value is -2.18. The van der Waals surface area contributed by atoms with Crippen LogP contribution in [-0.2, 0) is 6.54 Å². The Kier molecular flexibility index (Phi) is 5.74. The first-order valence-corrected chi connectivity index (χ1v) is 9.75. The van der Waals surface area contributed by atoms with Crippen LogP contribution in [0.3, 0.4) is 0 Å². The van der Waals surface area contributed by atoms with E-state index in [4.69, 9.17) is 4.74 Å². The number of nitrogens with zero attached hydrogens (tertiary/aromatic N) is 3. The zero-order valence-electron chi connectivity index (χ0n) is 15.8. The molecule has 138 valence electrons. The number of carbonyl (C=O) groups excluding carboxylic acids is 1. The van der Waals surface area contributed by atoms with Gasteiger partial charge in [-0.25, -0.2) is 4.98 Å². The van der Waals surface area contributed by atoms with Crippen molar-refractivity contribution < 1.29 is 9.53 Å². The average Bonchev–Trinajstić information content (AvgIpc) is 3.20. The second-order valence-electron chi connectivity index (χ2n) is 6.25. The molecule has 0 unspecified atom stereocenters. The number of fused-ring (bicyclic) bond motifs is 1. The third kappa shape index (κ3) is 3.66. The third-order valence-corrected chi connectivity index (χ3v) is 5.91. The van der Waals surface area contributed by atoms with Crippen LogP contribution in [0.1, 0.15) is 34.8 Å². The molecule has 0 aliphatic rings. The number of pyridine rings is 1. The van der Waals surface area contributed by atoms with Gasteiger partial charge in [0.05, 0.1) is 12.0 Å². The van der Waals surface area contributed by atoms with Crippen LogP contribution in [0.4, 0.5) is 0 Å². The number of aryl methyl sites for hydroxylation is 1. The molecular weight excluding hydrogens is 346 g/mol. The topological polar surface area (TPSA) is 47.4 Å². The molecule has 0 atom stereocenters. The van der Waals surface area contributed by atoms with Crippen LogP contribution >= 0.6 is 11.3 Å². The number of likely N-dealkylation sites (N-methyl/N-ethyl adjacent to an activating group) is 1. The molecule has 0 aliphatic heterocycles. The summed E-state index contributed by atoms with van der Waals surface area (Å²) in [4.78, 5) is 21.2. The van der Waals surface area contributed by atoms with Crippen molar-refractivity contribution in [1.29, 1.82) is 0 Å². The Morgan fingerprint density at radius 3 is 2.65 bits per heavy atom. The lowest BCUT2D eigenvalue weighted by Gasteiger charge is -2.19. The molecule has 3 heterocycles. The lowest BCUT2D eigenvalue weighted by atomic mass is 10.1. The van der Waals surface area contributed by atoms with Gasteiger partial charge in [0, 0.05) is 42.0 Å². The van der Waals surface area contributed by atoms with Crippen molar-refractivity contribution in [2.75, 3.05) is 26.7 Å². The molecular formula is C20H25N3O2S. The number of ether oxygens (including phenoxy) is 1. The Morgan fingerprint density at radius 1 is 1.27 bits per heavy atom. The number of methoxy groups -OCH3 is 1. The van der Waals surface area contributed by atoms with Crippen molar-refractivity contribution >= 4 is 27.3 Å². The van der Waals surface area contributed by atoms with Gasteiger partial charge in [0.1, 0.15) is 4.83 Å². The molecule has 0 spiro atoms. The average molecular weight is 372 g/mol. The minimum absolute atomic E-state index is 0.00861. The smallest absolute Gasteiger partial charge is 0.212 e. The van der Waals surface area contributed by atoms with Gasteiger partial charge in [0.25, 0.3) is 0 Å². The summed E-state index contributed by atoms with van der Waals surface area (Å²) < 4.78 is 7.38. The molecule has 3 rings (SSSR count).